The average molecular weight is 301 g/mol. The summed E-state index contributed by atoms with van der Waals surface area (Å²) in [7, 11) is 0. The van der Waals surface area contributed by atoms with E-state index >= 15 is 0 Å². The zero-order valence-electron chi connectivity index (χ0n) is 11.7. The molecule has 5 nitrogen and oxygen atoms in total. The molecule has 1 aromatic carbocycles. The molecule has 0 aliphatic carbocycles. The predicted octanol–water partition coefficient (Wildman–Crippen LogP) is 2.26. The van der Waals surface area contributed by atoms with E-state index in [1.165, 1.54) is 0 Å². The highest BCUT2D eigenvalue weighted by molar-refractivity contribution is 6.32. The van der Waals surface area contributed by atoms with Gasteiger partial charge in [-0.05, 0) is 24.1 Å². The second kappa shape index (κ2) is 7.97. The van der Waals surface area contributed by atoms with Gasteiger partial charge in [0.25, 0.3) is 0 Å². The van der Waals surface area contributed by atoms with E-state index in [4.69, 9.17) is 27.2 Å². The van der Waals surface area contributed by atoms with Gasteiger partial charge in [-0.3, -0.25) is 0 Å². The van der Waals surface area contributed by atoms with Crippen molar-refractivity contribution in [2.45, 2.75) is 32.2 Å². The van der Waals surface area contributed by atoms with Crippen LogP contribution in [0.1, 0.15) is 31.7 Å². The molecule has 1 rings (SSSR count). The van der Waals surface area contributed by atoms with Crippen molar-refractivity contribution in [3.05, 3.63) is 28.8 Å². The van der Waals surface area contributed by atoms with Gasteiger partial charge in [0, 0.05) is 12.0 Å². The first-order chi connectivity index (χ1) is 9.49. The number of aliphatic hydroxyl groups excluding tert-OH is 1. The number of hydrogen-bond donors (Lipinski definition) is 3. The summed E-state index contributed by atoms with van der Waals surface area (Å²) in [6.45, 7) is 4.10. The minimum absolute atomic E-state index is 0.0561. The maximum atomic E-state index is 11.0. The summed E-state index contributed by atoms with van der Waals surface area (Å²) >= 11 is 6.04. The van der Waals surface area contributed by atoms with Gasteiger partial charge < -0.3 is 20.9 Å². The number of primary amides is 1. The number of rotatable bonds is 7. The first kappa shape index (κ1) is 16.6. The van der Waals surface area contributed by atoms with E-state index in [1.54, 1.807) is 6.07 Å². The van der Waals surface area contributed by atoms with Crippen LogP contribution < -0.4 is 15.8 Å². The number of carbonyl (C=O) groups excluding carboxylic acids is 1. The number of urea groups is 1. The molecule has 0 aromatic heterocycles. The lowest BCUT2D eigenvalue weighted by Gasteiger charge is -2.24. The Hall–Kier alpha value is -1.46. The van der Waals surface area contributed by atoms with Crippen LogP contribution in [0, 0.1) is 0 Å². The van der Waals surface area contributed by atoms with Gasteiger partial charge in [0.05, 0.1) is 11.6 Å². The van der Waals surface area contributed by atoms with Crippen molar-refractivity contribution in [1.29, 1.82) is 0 Å². The minimum Gasteiger partial charge on any atom is -0.490 e. The summed E-state index contributed by atoms with van der Waals surface area (Å²) in [5.74, 6) is 0.597. The number of hydrogen-bond acceptors (Lipinski definition) is 3. The molecule has 2 unspecified atom stereocenters. The maximum absolute atomic E-state index is 11.0. The number of nitrogens with two attached hydrogens (primary N) is 1. The van der Waals surface area contributed by atoms with Crippen LogP contribution in [0.2, 0.25) is 5.02 Å². The van der Waals surface area contributed by atoms with Crippen molar-refractivity contribution < 1.29 is 14.6 Å². The molecule has 0 fully saturated rings. The van der Waals surface area contributed by atoms with Gasteiger partial charge in [-0.1, -0.05) is 31.5 Å². The standard InChI is InChI=1S/C14H21ClN2O3/c1-3-12(17-14(16)19)9(2)10-4-5-11(15)13(8-10)20-7-6-18/h4-5,8-9,12,18H,3,6-7H2,1-2H3,(H3,16,17,19). The van der Waals surface area contributed by atoms with Gasteiger partial charge >= 0.3 is 6.03 Å². The Balaban J connectivity index is 2.91. The number of aliphatic hydroxyl groups is 1. The Morgan fingerprint density at radius 3 is 2.80 bits per heavy atom. The van der Waals surface area contributed by atoms with Crippen LogP contribution in [0.3, 0.4) is 0 Å². The fourth-order valence-electron chi connectivity index (χ4n) is 2.07. The summed E-state index contributed by atoms with van der Waals surface area (Å²) < 4.78 is 5.38. The third-order valence-corrected chi connectivity index (χ3v) is 3.51. The zero-order valence-corrected chi connectivity index (χ0v) is 12.5. The molecule has 112 valence electrons. The van der Waals surface area contributed by atoms with Gasteiger partial charge in [-0.2, -0.15) is 0 Å². The van der Waals surface area contributed by atoms with Crippen LogP contribution in [0.25, 0.3) is 0 Å². The van der Waals surface area contributed by atoms with Crippen molar-refractivity contribution in [2.75, 3.05) is 13.2 Å². The van der Waals surface area contributed by atoms with Crippen molar-refractivity contribution in [2.24, 2.45) is 5.73 Å². The lowest BCUT2D eigenvalue weighted by atomic mass is 9.91. The number of halogens is 1. The second-order valence-corrected chi connectivity index (χ2v) is 4.98. The quantitative estimate of drug-likeness (QED) is 0.722. The van der Waals surface area contributed by atoms with Crippen molar-refractivity contribution in [1.82, 2.24) is 5.32 Å². The minimum atomic E-state index is -0.533. The smallest absolute Gasteiger partial charge is 0.312 e. The SMILES string of the molecule is CCC(NC(N)=O)C(C)c1ccc(Cl)c(OCCO)c1. The molecule has 0 aliphatic rings. The van der Waals surface area contributed by atoms with E-state index in [0.717, 1.165) is 12.0 Å². The molecule has 1 aromatic rings. The molecule has 0 saturated carbocycles. The Bertz CT molecular complexity index is 454. The molecular formula is C14H21ClN2O3. The highest BCUT2D eigenvalue weighted by Gasteiger charge is 2.19. The lowest BCUT2D eigenvalue weighted by Crippen LogP contribution is -2.41. The Morgan fingerprint density at radius 2 is 2.25 bits per heavy atom. The van der Waals surface area contributed by atoms with Gasteiger partial charge in [0.15, 0.2) is 0 Å². The number of nitrogens with one attached hydrogen (secondary N) is 1. The van der Waals surface area contributed by atoms with E-state index in [9.17, 15) is 4.79 Å². The Morgan fingerprint density at radius 1 is 1.55 bits per heavy atom. The third-order valence-electron chi connectivity index (χ3n) is 3.20. The lowest BCUT2D eigenvalue weighted by molar-refractivity contribution is 0.201. The third kappa shape index (κ3) is 4.58. The van der Waals surface area contributed by atoms with E-state index < -0.39 is 6.03 Å². The van der Waals surface area contributed by atoms with E-state index in [1.807, 2.05) is 26.0 Å². The maximum Gasteiger partial charge on any atom is 0.312 e. The largest absolute Gasteiger partial charge is 0.490 e. The number of amides is 2. The summed E-state index contributed by atoms with van der Waals surface area (Å²) in [5.41, 5.74) is 6.17. The van der Waals surface area contributed by atoms with Crippen LogP contribution in [0.15, 0.2) is 18.2 Å². The number of carbonyl (C=O) groups is 1. The topological polar surface area (TPSA) is 84.6 Å². The number of ether oxygens (including phenoxy) is 1. The van der Waals surface area contributed by atoms with Crippen LogP contribution in [-0.4, -0.2) is 30.4 Å². The van der Waals surface area contributed by atoms with E-state index in [2.05, 4.69) is 5.32 Å². The van der Waals surface area contributed by atoms with Gasteiger partial charge in [0.2, 0.25) is 0 Å². The highest BCUT2D eigenvalue weighted by Crippen LogP contribution is 2.30. The van der Waals surface area contributed by atoms with Crippen molar-refractivity contribution >= 4 is 17.6 Å². The molecule has 0 spiro atoms. The van der Waals surface area contributed by atoms with Gasteiger partial charge in [0.1, 0.15) is 12.4 Å². The first-order valence-electron chi connectivity index (χ1n) is 6.58. The molecule has 2 atom stereocenters. The summed E-state index contributed by atoms with van der Waals surface area (Å²) in [5, 5.41) is 12.0. The molecule has 0 aliphatic heterocycles. The van der Waals surface area contributed by atoms with E-state index in [-0.39, 0.29) is 25.2 Å². The molecule has 4 N–H and O–H groups in total. The van der Waals surface area contributed by atoms with Crippen molar-refractivity contribution in [3.8, 4) is 5.75 Å². The average Bonchev–Trinajstić information content (AvgIpc) is 2.43. The summed E-state index contributed by atoms with van der Waals surface area (Å²) in [4.78, 5) is 11.0. The van der Waals surface area contributed by atoms with Crippen molar-refractivity contribution in [3.63, 3.8) is 0 Å². The van der Waals surface area contributed by atoms with Crippen LogP contribution in [0.4, 0.5) is 4.79 Å². The van der Waals surface area contributed by atoms with Crippen LogP contribution >= 0.6 is 11.6 Å². The fraction of sp³-hybridized carbons (Fsp3) is 0.500. The molecular weight excluding hydrogens is 280 g/mol. The molecule has 0 saturated heterocycles. The molecule has 20 heavy (non-hydrogen) atoms. The van der Waals surface area contributed by atoms with Crippen LogP contribution in [-0.2, 0) is 0 Å². The molecule has 6 heteroatoms. The van der Waals surface area contributed by atoms with Gasteiger partial charge in [-0.25, -0.2) is 4.79 Å². The predicted molar refractivity (Wildman–Crippen MR) is 79.2 cm³/mol. The summed E-state index contributed by atoms with van der Waals surface area (Å²) in [6.07, 6.45) is 0.763. The molecule has 0 bridgehead atoms. The van der Waals surface area contributed by atoms with E-state index in [0.29, 0.717) is 10.8 Å². The fourth-order valence-corrected chi connectivity index (χ4v) is 2.24. The zero-order chi connectivity index (χ0) is 15.1. The molecule has 2 amide bonds. The summed E-state index contributed by atoms with van der Waals surface area (Å²) in [6, 6.07) is 4.88. The Kier molecular flexibility index (Phi) is 6.61. The molecule has 0 heterocycles. The normalized spacial score (nSPS) is 13.6. The molecule has 0 radical (unpaired) electrons. The van der Waals surface area contributed by atoms with Gasteiger partial charge in [-0.15, -0.1) is 0 Å². The second-order valence-electron chi connectivity index (χ2n) is 4.57. The first-order valence-corrected chi connectivity index (χ1v) is 6.96. The number of benzene rings is 1. The van der Waals surface area contributed by atoms with Crippen LogP contribution in [0.5, 0.6) is 5.75 Å². The Labute approximate surface area is 124 Å². The highest BCUT2D eigenvalue weighted by atomic mass is 35.5. The monoisotopic (exact) mass is 300 g/mol.